The topological polar surface area (TPSA) is 84.1 Å². The molecule has 2 rings (SSSR count). The smallest absolute Gasteiger partial charge is 0.223 e. The number of hydrazine groups is 1. The molecule has 1 aliphatic heterocycles. The van der Waals surface area contributed by atoms with Crippen molar-refractivity contribution in [1.82, 2.24) is 14.9 Å². The lowest BCUT2D eigenvalue weighted by Crippen LogP contribution is -2.25. The molecule has 0 bridgehead atoms. The van der Waals surface area contributed by atoms with Crippen LogP contribution in [0.4, 0.5) is 5.82 Å². The number of nitrogens with two attached hydrogens (primary N) is 1. The van der Waals surface area contributed by atoms with Crippen LogP contribution in [-0.4, -0.2) is 27.3 Å². The quantitative estimate of drug-likeness (QED) is 0.587. The van der Waals surface area contributed by atoms with Gasteiger partial charge in [0.2, 0.25) is 5.91 Å². The predicted octanol–water partition coefficient (Wildman–Crippen LogP) is 0.521. The van der Waals surface area contributed by atoms with Gasteiger partial charge in [-0.3, -0.25) is 9.78 Å². The number of carbonyl (C=O) groups is 1. The van der Waals surface area contributed by atoms with Gasteiger partial charge in [-0.1, -0.05) is 13.3 Å². The maximum Gasteiger partial charge on any atom is 0.223 e. The summed E-state index contributed by atoms with van der Waals surface area (Å²) in [7, 11) is 0. The van der Waals surface area contributed by atoms with Crippen LogP contribution in [0.25, 0.3) is 0 Å². The number of rotatable bonds is 4. The van der Waals surface area contributed by atoms with Gasteiger partial charge in [-0.25, -0.2) is 10.8 Å². The van der Waals surface area contributed by atoms with E-state index >= 15 is 0 Å². The monoisotopic (exact) mass is 235 g/mol. The zero-order valence-corrected chi connectivity index (χ0v) is 9.89. The minimum atomic E-state index is 0.208. The van der Waals surface area contributed by atoms with Gasteiger partial charge in [0.15, 0.2) is 5.82 Å². The molecule has 1 aliphatic rings. The lowest BCUT2D eigenvalue weighted by molar-refractivity contribution is -0.128. The van der Waals surface area contributed by atoms with E-state index in [2.05, 4.69) is 22.3 Å². The third-order valence-electron chi connectivity index (χ3n) is 3.08. The Morgan fingerprint density at radius 1 is 1.53 bits per heavy atom. The fourth-order valence-electron chi connectivity index (χ4n) is 1.99. The van der Waals surface area contributed by atoms with Crippen LogP contribution < -0.4 is 11.3 Å². The average molecular weight is 235 g/mol. The number of aromatic nitrogens is 2. The van der Waals surface area contributed by atoms with E-state index in [1.165, 1.54) is 0 Å². The van der Waals surface area contributed by atoms with Gasteiger partial charge in [-0.05, 0) is 5.92 Å². The normalized spacial score (nSPS) is 19.8. The third kappa shape index (κ3) is 2.71. The van der Waals surface area contributed by atoms with Crippen molar-refractivity contribution in [1.29, 1.82) is 0 Å². The standard InChI is InChI=1S/C11H17N5O/c1-2-8-3-11(17)16(6-8)7-9-4-14-10(15-12)5-13-9/h4-5,8H,2-3,6-7,12H2,1H3,(H,14,15). The molecule has 0 aromatic carbocycles. The van der Waals surface area contributed by atoms with Crippen LogP contribution in [0.2, 0.25) is 0 Å². The van der Waals surface area contributed by atoms with Crippen LogP contribution in [0.15, 0.2) is 12.4 Å². The Morgan fingerprint density at radius 2 is 2.35 bits per heavy atom. The summed E-state index contributed by atoms with van der Waals surface area (Å²) in [6.45, 7) is 3.48. The molecule has 1 aromatic heterocycles. The number of hydrogen-bond acceptors (Lipinski definition) is 5. The number of nitrogens with one attached hydrogen (secondary N) is 1. The molecule has 17 heavy (non-hydrogen) atoms. The summed E-state index contributed by atoms with van der Waals surface area (Å²) in [5.74, 6) is 6.42. The Kier molecular flexibility index (Phi) is 3.53. The van der Waals surface area contributed by atoms with Gasteiger partial charge >= 0.3 is 0 Å². The third-order valence-corrected chi connectivity index (χ3v) is 3.08. The summed E-state index contributed by atoms with van der Waals surface area (Å²) >= 11 is 0. The molecule has 1 fully saturated rings. The van der Waals surface area contributed by atoms with E-state index in [1.54, 1.807) is 12.4 Å². The van der Waals surface area contributed by atoms with E-state index in [1.807, 2.05) is 4.90 Å². The first kappa shape index (κ1) is 11.8. The van der Waals surface area contributed by atoms with E-state index in [0.29, 0.717) is 24.7 Å². The fourth-order valence-corrected chi connectivity index (χ4v) is 1.99. The zero-order chi connectivity index (χ0) is 12.3. The molecule has 6 heteroatoms. The molecule has 92 valence electrons. The minimum absolute atomic E-state index is 0.208. The Balaban J connectivity index is 1.98. The molecule has 0 saturated carbocycles. The van der Waals surface area contributed by atoms with Crippen molar-refractivity contribution in [2.45, 2.75) is 26.3 Å². The van der Waals surface area contributed by atoms with Crippen LogP contribution in [0.5, 0.6) is 0 Å². The molecule has 1 unspecified atom stereocenters. The molecule has 1 saturated heterocycles. The number of amides is 1. The lowest BCUT2D eigenvalue weighted by atomic mass is 10.1. The second-order valence-corrected chi connectivity index (χ2v) is 4.29. The molecule has 0 radical (unpaired) electrons. The van der Waals surface area contributed by atoms with Crippen molar-refractivity contribution < 1.29 is 4.79 Å². The number of nitrogen functional groups attached to an aromatic ring is 1. The molecular weight excluding hydrogens is 218 g/mol. The SMILES string of the molecule is CCC1CC(=O)N(Cc2cnc(NN)cn2)C1. The van der Waals surface area contributed by atoms with Gasteiger partial charge in [0, 0.05) is 13.0 Å². The highest BCUT2D eigenvalue weighted by atomic mass is 16.2. The fraction of sp³-hybridized carbons (Fsp3) is 0.545. The van der Waals surface area contributed by atoms with Gasteiger partial charge in [0.05, 0.1) is 24.6 Å². The second kappa shape index (κ2) is 5.09. The summed E-state index contributed by atoms with van der Waals surface area (Å²) in [4.78, 5) is 21.8. The maximum absolute atomic E-state index is 11.7. The van der Waals surface area contributed by atoms with E-state index in [9.17, 15) is 4.79 Å². The van der Waals surface area contributed by atoms with E-state index < -0.39 is 0 Å². The molecule has 6 nitrogen and oxygen atoms in total. The highest BCUT2D eigenvalue weighted by molar-refractivity contribution is 5.78. The zero-order valence-electron chi connectivity index (χ0n) is 9.89. The highest BCUT2D eigenvalue weighted by Crippen LogP contribution is 2.21. The van der Waals surface area contributed by atoms with Crippen molar-refractivity contribution in [2.75, 3.05) is 12.0 Å². The molecular formula is C11H17N5O. The van der Waals surface area contributed by atoms with Crippen molar-refractivity contribution in [2.24, 2.45) is 11.8 Å². The number of hydrogen-bond donors (Lipinski definition) is 2. The van der Waals surface area contributed by atoms with Gasteiger partial charge in [-0.2, -0.15) is 0 Å². The Labute approximate surface area is 100 Å². The summed E-state index contributed by atoms with van der Waals surface area (Å²) in [5, 5.41) is 0. The summed E-state index contributed by atoms with van der Waals surface area (Å²) < 4.78 is 0. The second-order valence-electron chi connectivity index (χ2n) is 4.29. The molecule has 3 N–H and O–H groups in total. The first-order valence-electron chi connectivity index (χ1n) is 5.78. The summed E-state index contributed by atoms with van der Waals surface area (Å²) in [5.41, 5.74) is 3.20. The Hall–Kier alpha value is -1.69. The van der Waals surface area contributed by atoms with E-state index in [4.69, 9.17) is 5.84 Å². The van der Waals surface area contributed by atoms with Crippen LogP contribution in [0.3, 0.4) is 0 Å². The number of carbonyl (C=O) groups excluding carboxylic acids is 1. The first-order chi connectivity index (χ1) is 8.22. The van der Waals surface area contributed by atoms with Crippen molar-refractivity contribution >= 4 is 11.7 Å². The molecule has 1 aromatic rings. The first-order valence-corrected chi connectivity index (χ1v) is 5.78. The van der Waals surface area contributed by atoms with Gasteiger partial charge in [-0.15, -0.1) is 0 Å². The van der Waals surface area contributed by atoms with Crippen molar-refractivity contribution in [3.05, 3.63) is 18.1 Å². The van der Waals surface area contributed by atoms with E-state index in [0.717, 1.165) is 18.7 Å². The van der Waals surface area contributed by atoms with Crippen molar-refractivity contribution in [3.8, 4) is 0 Å². The van der Waals surface area contributed by atoms with Crippen LogP contribution in [-0.2, 0) is 11.3 Å². The highest BCUT2D eigenvalue weighted by Gasteiger charge is 2.28. The summed E-state index contributed by atoms with van der Waals surface area (Å²) in [6.07, 6.45) is 4.91. The van der Waals surface area contributed by atoms with E-state index in [-0.39, 0.29) is 5.91 Å². The number of nitrogens with zero attached hydrogens (tertiary/aromatic N) is 3. The predicted molar refractivity (Wildman–Crippen MR) is 63.7 cm³/mol. The van der Waals surface area contributed by atoms with Crippen molar-refractivity contribution in [3.63, 3.8) is 0 Å². The number of likely N-dealkylation sites (tertiary alicyclic amines) is 1. The molecule has 2 heterocycles. The molecule has 1 atom stereocenters. The van der Waals surface area contributed by atoms with Gasteiger partial charge in [0.1, 0.15) is 0 Å². The molecule has 0 spiro atoms. The number of anilines is 1. The maximum atomic E-state index is 11.7. The Bertz CT molecular complexity index is 391. The van der Waals surface area contributed by atoms with Gasteiger partial charge in [0.25, 0.3) is 0 Å². The van der Waals surface area contributed by atoms with Crippen LogP contribution in [0, 0.1) is 5.92 Å². The molecule has 0 aliphatic carbocycles. The largest absolute Gasteiger partial charge is 0.336 e. The van der Waals surface area contributed by atoms with Crippen LogP contribution in [0.1, 0.15) is 25.5 Å². The van der Waals surface area contributed by atoms with Crippen LogP contribution >= 0.6 is 0 Å². The summed E-state index contributed by atoms with van der Waals surface area (Å²) in [6, 6.07) is 0. The minimum Gasteiger partial charge on any atom is -0.336 e. The van der Waals surface area contributed by atoms with Gasteiger partial charge < -0.3 is 10.3 Å². The molecule has 1 amide bonds. The average Bonchev–Trinajstić information content (AvgIpc) is 2.71. The Morgan fingerprint density at radius 3 is 2.88 bits per heavy atom. The lowest BCUT2D eigenvalue weighted by Gasteiger charge is -2.15.